The van der Waals surface area contributed by atoms with Crippen LogP contribution < -0.4 is 10.0 Å². The van der Waals surface area contributed by atoms with E-state index in [2.05, 4.69) is 10.0 Å². The first-order valence-electron chi connectivity index (χ1n) is 8.13. The molecule has 0 fully saturated rings. The van der Waals surface area contributed by atoms with Gasteiger partial charge in [0.15, 0.2) is 0 Å². The van der Waals surface area contributed by atoms with Gasteiger partial charge in [0.25, 0.3) is 15.9 Å². The quantitative estimate of drug-likeness (QED) is 0.745. The molecule has 0 bridgehead atoms. The number of benzene rings is 3. The van der Waals surface area contributed by atoms with Crippen LogP contribution in [0.4, 0.5) is 5.69 Å². The number of hydrogen-bond donors (Lipinski definition) is 2. The maximum Gasteiger partial charge on any atom is 0.261 e. The maximum absolute atomic E-state index is 12.4. The van der Waals surface area contributed by atoms with Gasteiger partial charge in [-0.1, -0.05) is 42.5 Å². The molecule has 6 heteroatoms. The van der Waals surface area contributed by atoms with E-state index in [0.29, 0.717) is 17.8 Å². The smallest absolute Gasteiger partial charge is 0.261 e. The fraction of sp³-hybridized carbons (Fsp3) is 0.0500. The van der Waals surface area contributed by atoms with E-state index in [9.17, 15) is 13.2 Å². The Morgan fingerprint density at radius 2 is 1.50 bits per heavy atom. The van der Waals surface area contributed by atoms with E-state index >= 15 is 0 Å². The lowest BCUT2D eigenvalue weighted by atomic mass is 9.97. The number of hydrogen-bond acceptors (Lipinski definition) is 3. The van der Waals surface area contributed by atoms with E-state index in [1.54, 1.807) is 42.5 Å². The fourth-order valence-corrected chi connectivity index (χ4v) is 4.14. The molecule has 0 aromatic heterocycles. The van der Waals surface area contributed by atoms with E-state index in [-0.39, 0.29) is 10.8 Å². The number of sulfonamides is 1. The van der Waals surface area contributed by atoms with Crippen molar-refractivity contribution in [2.75, 3.05) is 4.72 Å². The molecule has 0 saturated heterocycles. The molecule has 3 aromatic carbocycles. The molecule has 130 valence electrons. The van der Waals surface area contributed by atoms with Crippen LogP contribution in [-0.2, 0) is 16.6 Å². The number of amides is 1. The average molecular weight is 364 g/mol. The van der Waals surface area contributed by atoms with Crippen LogP contribution in [0.5, 0.6) is 0 Å². The van der Waals surface area contributed by atoms with Gasteiger partial charge < -0.3 is 5.32 Å². The van der Waals surface area contributed by atoms with E-state index in [1.807, 2.05) is 30.3 Å². The van der Waals surface area contributed by atoms with Crippen molar-refractivity contribution in [3.8, 4) is 11.1 Å². The minimum atomic E-state index is -3.61. The summed E-state index contributed by atoms with van der Waals surface area (Å²) in [5.74, 6) is -0.0610. The number of carbonyl (C=O) groups is 1. The van der Waals surface area contributed by atoms with E-state index < -0.39 is 10.0 Å². The summed E-state index contributed by atoms with van der Waals surface area (Å²) in [5, 5.41) is 2.83. The van der Waals surface area contributed by atoms with Crippen LogP contribution in [-0.4, -0.2) is 14.3 Å². The highest BCUT2D eigenvalue weighted by Gasteiger charge is 2.21. The third kappa shape index (κ3) is 2.95. The van der Waals surface area contributed by atoms with Gasteiger partial charge in [0.2, 0.25) is 0 Å². The number of anilines is 1. The van der Waals surface area contributed by atoms with Gasteiger partial charge in [0.1, 0.15) is 0 Å². The van der Waals surface area contributed by atoms with Crippen LogP contribution in [0.15, 0.2) is 77.7 Å². The van der Waals surface area contributed by atoms with Crippen molar-refractivity contribution in [3.63, 3.8) is 0 Å². The number of rotatable bonds is 4. The van der Waals surface area contributed by atoms with Gasteiger partial charge in [-0.05, 0) is 47.0 Å². The van der Waals surface area contributed by atoms with Crippen molar-refractivity contribution >= 4 is 21.6 Å². The lowest BCUT2D eigenvalue weighted by Crippen LogP contribution is -2.12. The Labute approximate surface area is 151 Å². The maximum atomic E-state index is 12.4. The minimum Gasteiger partial charge on any atom is -0.348 e. The Morgan fingerprint density at radius 3 is 2.23 bits per heavy atom. The topological polar surface area (TPSA) is 75.3 Å². The summed E-state index contributed by atoms with van der Waals surface area (Å²) in [4.78, 5) is 12.0. The molecule has 1 heterocycles. The summed E-state index contributed by atoms with van der Waals surface area (Å²) >= 11 is 0. The molecule has 0 saturated carbocycles. The highest BCUT2D eigenvalue weighted by atomic mass is 32.2. The highest BCUT2D eigenvalue weighted by molar-refractivity contribution is 7.92. The molecule has 3 aromatic rings. The molecule has 1 aliphatic rings. The zero-order valence-corrected chi connectivity index (χ0v) is 14.6. The highest BCUT2D eigenvalue weighted by Crippen LogP contribution is 2.30. The largest absolute Gasteiger partial charge is 0.348 e. The zero-order chi connectivity index (χ0) is 18.1. The fourth-order valence-electron chi connectivity index (χ4n) is 3.06. The van der Waals surface area contributed by atoms with Crippen molar-refractivity contribution in [1.29, 1.82) is 0 Å². The van der Waals surface area contributed by atoms with Gasteiger partial charge in [0, 0.05) is 17.8 Å². The molecular formula is C20H16N2O3S. The van der Waals surface area contributed by atoms with Gasteiger partial charge in [-0.15, -0.1) is 0 Å². The molecule has 0 unspecified atom stereocenters. The Morgan fingerprint density at radius 1 is 0.808 bits per heavy atom. The Kier molecular flexibility index (Phi) is 3.97. The SMILES string of the molecule is O=C1NCc2c1cccc2-c1ccc(NS(=O)(=O)c2ccccc2)cc1. The Bertz CT molecular complexity index is 1080. The van der Waals surface area contributed by atoms with Crippen LogP contribution >= 0.6 is 0 Å². The van der Waals surface area contributed by atoms with Crippen LogP contribution in [0.3, 0.4) is 0 Å². The second-order valence-electron chi connectivity index (χ2n) is 6.01. The molecule has 1 amide bonds. The number of carbonyl (C=O) groups excluding carboxylic acids is 1. The minimum absolute atomic E-state index is 0.0610. The third-order valence-electron chi connectivity index (χ3n) is 4.35. The summed E-state index contributed by atoms with van der Waals surface area (Å²) in [5.41, 5.74) is 4.05. The van der Waals surface area contributed by atoms with Crippen molar-refractivity contribution in [1.82, 2.24) is 5.32 Å². The first kappa shape index (κ1) is 16.4. The zero-order valence-electron chi connectivity index (χ0n) is 13.8. The lowest BCUT2D eigenvalue weighted by molar-refractivity contribution is 0.0965. The second kappa shape index (κ2) is 6.31. The lowest BCUT2D eigenvalue weighted by Gasteiger charge is -2.10. The van der Waals surface area contributed by atoms with Crippen LogP contribution in [0.25, 0.3) is 11.1 Å². The summed E-state index contributed by atoms with van der Waals surface area (Å²) in [6.45, 7) is 0.507. The average Bonchev–Trinajstić information content (AvgIpc) is 3.04. The predicted octanol–water partition coefficient (Wildman–Crippen LogP) is 3.40. The molecule has 2 N–H and O–H groups in total. The number of fused-ring (bicyclic) bond motifs is 1. The van der Waals surface area contributed by atoms with Crippen molar-refractivity contribution in [3.05, 3.63) is 83.9 Å². The van der Waals surface area contributed by atoms with Crippen molar-refractivity contribution in [2.45, 2.75) is 11.4 Å². The van der Waals surface area contributed by atoms with Gasteiger partial charge >= 0.3 is 0 Å². The number of nitrogens with one attached hydrogen (secondary N) is 2. The first-order chi connectivity index (χ1) is 12.5. The summed E-state index contributed by atoms with van der Waals surface area (Å²) in [6, 6.07) is 21.0. The molecule has 0 aliphatic carbocycles. The van der Waals surface area contributed by atoms with E-state index in [0.717, 1.165) is 16.7 Å². The van der Waals surface area contributed by atoms with Crippen LogP contribution in [0.1, 0.15) is 15.9 Å². The molecule has 0 atom stereocenters. The third-order valence-corrected chi connectivity index (χ3v) is 5.75. The summed E-state index contributed by atoms with van der Waals surface area (Å²) in [7, 11) is -3.61. The monoisotopic (exact) mass is 364 g/mol. The molecular weight excluding hydrogens is 348 g/mol. The van der Waals surface area contributed by atoms with Crippen molar-refractivity contribution in [2.24, 2.45) is 0 Å². The van der Waals surface area contributed by atoms with Gasteiger partial charge in [-0.25, -0.2) is 8.42 Å². The first-order valence-corrected chi connectivity index (χ1v) is 9.61. The standard InChI is InChI=1S/C20H16N2O3S/c23-20-18-8-4-7-17(19(18)13-21-20)14-9-11-15(12-10-14)22-26(24,25)16-5-2-1-3-6-16/h1-12,22H,13H2,(H,21,23). The van der Waals surface area contributed by atoms with E-state index in [4.69, 9.17) is 0 Å². The Hall–Kier alpha value is -3.12. The normalized spacial score (nSPS) is 13.2. The summed E-state index contributed by atoms with van der Waals surface area (Å²) in [6.07, 6.45) is 0. The van der Waals surface area contributed by atoms with E-state index in [1.165, 1.54) is 0 Å². The Balaban J connectivity index is 1.62. The molecule has 26 heavy (non-hydrogen) atoms. The van der Waals surface area contributed by atoms with Crippen LogP contribution in [0, 0.1) is 0 Å². The predicted molar refractivity (Wildman–Crippen MR) is 100 cm³/mol. The van der Waals surface area contributed by atoms with Gasteiger partial charge in [-0.3, -0.25) is 9.52 Å². The molecule has 4 rings (SSSR count). The second-order valence-corrected chi connectivity index (χ2v) is 7.69. The molecule has 1 aliphatic heterocycles. The molecule has 0 radical (unpaired) electrons. The summed E-state index contributed by atoms with van der Waals surface area (Å²) < 4.78 is 27.4. The van der Waals surface area contributed by atoms with Crippen molar-refractivity contribution < 1.29 is 13.2 Å². The van der Waals surface area contributed by atoms with Gasteiger partial charge in [-0.2, -0.15) is 0 Å². The van der Waals surface area contributed by atoms with Crippen LogP contribution in [0.2, 0.25) is 0 Å². The van der Waals surface area contributed by atoms with Gasteiger partial charge in [0.05, 0.1) is 4.90 Å². The molecule has 5 nitrogen and oxygen atoms in total. The molecule has 0 spiro atoms.